The van der Waals surface area contributed by atoms with Crippen LogP contribution >= 0.6 is 0 Å². The van der Waals surface area contributed by atoms with Crippen molar-refractivity contribution in [2.45, 2.75) is 26.3 Å². The summed E-state index contributed by atoms with van der Waals surface area (Å²) in [6.45, 7) is 9.49. The zero-order valence-corrected chi connectivity index (χ0v) is 11.4. The fraction of sp³-hybridized carbons (Fsp3) is 0.923. The van der Waals surface area contributed by atoms with Gasteiger partial charge >= 0.3 is 0 Å². The summed E-state index contributed by atoms with van der Waals surface area (Å²) >= 11 is 0. The normalized spacial score (nSPS) is 25.2. The van der Waals surface area contributed by atoms with Crippen LogP contribution in [-0.4, -0.2) is 62.9 Å². The zero-order valence-electron chi connectivity index (χ0n) is 11.4. The second-order valence-electron chi connectivity index (χ2n) is 5.47. The molecule has 2 aliphatic rings. The Bertz CT molecular complexity index is 286. The van der Waals surface area contributed by atoms with Crippen LogP contribution in [0.2, 0.25) is 0 Å². The molecule has 0 bridgehead atoms. The summed E-state index contributed by atoms with van der Waals surface area (Å²) in [4.78, 5) is 14.4. The molecule has 2 rings (SSSR count). The van der Waals surface area contributed by atoms with Crippen LogP contribution in [0.5, 0.6) is 0 Å². The van der Waals surface area contributed by atoms with Gasteiger partial charge in [-0.15, -0.1) is 0 Å². The monoisotopic (exact) mass is 256 g/mol. The number of rotatable bonds is 5. The van der Waals surface area contributed by atoms with Gasteiger partial charge in [0.25, 0.3) is 0 Å². The maximum absolute atomic E-state index is 12.0. The second kappa shape index (κ2) is 5.99. The molecule has 0 aromatic heterocycles. The van der Waals surface area contributed by atoms with Crippen molar-refractivity contribution in [2.75, 3.05) is 46.1 Å². The van der Waals surface area contributed by atoms with Gasteiger partial charge in [0.2, 0.25) is 5.91 Å². The fourth-order valence-corrected chi connectivity index (χ4v) is 2.44. The molecule has 1 amide bonds. The van der Waals surface area contributed by atoms with E-state index in [1.807, 2.05) is 6.92 Å². The first-order valence-corrected chi connectivity index (χ1v) is 6.83. The number of nitrogens with zero attached hydrogens (tertiary/aromatic N) is 1. The Morgan fingerprint density at radius 1 is 1.33 bits per heavy atom. The lowest BCUT2D eigenvalue weighted by molar-refractivity contribution is -0.157. The van der Waals surface area contributed by atoms with Gasteiger partial charge in [0, 0.05) is 25.7 Å². The Balaban J connectivity index is 1.77. The van der Waals surface area contributed by atoms with E-state index < -0.39 is 0 Å². The summed E-state index contributed by atoms with van der Waals surface area (Å²) < 4.78 is 10.5. The summed E-state index contributed by atoms with van der Waals surface area (Å²) in [6, 6.07) is 0.419. The van der Waals surface area contributed by atoms with Crippen LogP contribution < -0.4 is 5.32 Å². The van der Waals surface area contributed by atoms with Crippen molar-refractivity contribution < 1.29 is 14.3 Å². The molecular weight excluding hydrogens is 232 g/mol. The highest BCUT2D eigenvalue weighted by Gasteiger charge is 2.41. The second-order valence-corrected chi connectivity index (χ2v) is 5.47. The number of morpholine rings is 1. The van der Waals surface area contributed by atoms with Gasteiger partial charge in [0.1, 0.15) is 0 Å². The fourth-order valence-electron chi connectivity index (χ4n) is 2.44. The number of carbonyl (C=O) groups is 1. The predicted octanol–water partition coefficient (Wildman–Crippen LogP) is 0.250. The number of amides is 1. The summed E-state index contributed by atoms with van der Waals surface area (Å²) in [6.07, 6.45) is 1.05. The standard InChI is InChI=1S/C13H24N2O3/c1-3-11(15-4-6-17-7-5-15)8-14-12(16)13(2)9-18-10-13/h11H,3-10H2,1-2H3,(H,14,16)/t11-/m0/s1. The number of hydrogen-bond donors (Lipinski definition) is 1. The van der Waals surface area contributed by atoms with Crippen molar-refractivity contribution in [3.63, 3.8) is 0 Å². The van der Waals surface area contributed by atoms with Crippen molar-refractivity contribution in [3.05, 3.63) is 0 Å². The molecule has 2 saturated heterocycles. The van der Waals surface area contributed by atoms with E-state index in [-0.39, 0.29) is 11.3 Å². The van der Waals surface area contributed by atoms with Crippen molar-refractivity contribution >= 4 is 5.91 Å². The quantitative estimate of drug-likeness (QED) is 0.766. The van der Waals surface area contributed by atoms with Gasteiger partial charge in [-0.3, -0.25) is 9.69 Å². The van der Waals surface area contributed by atoms with E-state index in [9.17, 15) is 4.79 Å². The largest absolute Gasteiger partial charge is 0.379 e. The number of ether oxygens (including phenoxy) is 2. The topological polar surface area (TPSA) is 50.8 Å². The SMILES string of the molecule is CC[C@@H](CNC(=O)C1(C)COC1)N1CCOCC1. The summed E-state index contributed by atoms with van der Waals surface area (Å²) in [5.41, 5.74) is -0.302. The minimum absolute atomic E-state index is 0.125. The maximum atomic E-state index is 12.0. The third-order valence-electron chi connectivity index (χ3n) is 3.92. The molecule has 0 aromatic carbocycles. The Morgan fingerprint density at radius 3 is 2.50 bits per heavy atom. The highest BCUT2D eigenvalue weighted by Crippen LogP contribution is 2.26. The molecule has 18 heavy (non-hydrogen) atoms. The van der Waals surface area contributed by atoms with Crippen molar-refractivity contribution in [2.24, 2.45) is 5.41 Å². The Kier molecular flexibility index (Phi) is 4.59. The molecule has 104 valence electrons. The lowest BCUT2D eigenvalue weighted by Crippen LogP contribution is -2.55. The van der Waals surface area contributed by atoms with Gasteiger partial charge in [0.15, 0.2) is 0 Å². The highest BCUT2D eigenvalue weighted by atomic mass is 16.5. The van der Waals surface area contributed by atoms with Crippen molar-refractivity contribution in [1.29, 1.82) is 0 Å². The van der Waals surface area contributed by atoms with E-state index in [4.69, 9.17) is 9.47 Å². The molecule has 1 atom stereocenters. The molecule has 0 aliphatic carbocycles. The minimum Gasteiger partial charge on any atom is -0.379 e. The highest BCUT2D eigenvalue weighted by molar-refractivity contribution is 5.83. The molecule has 0 aromatic rings. The van der Waals surface area contributed by atoms with Crippen LogP contribution in [0.4, 0.5) is 0 Å². The zero-order chi connectivity index (χ0) is 13.0. The maximum Gasteiger partial charge on any atom is 0.230 e. The molecule has 0 saturated carbocycles. The van der Waals surface area contributed by atoms with E-state index >= 15 is 0 Å². The summed E-state index contributed by atoms with van der Waals surface area (Å²) in [7, 11) is 0. The lowest BCUT2D eigenvalue weighted by Gasteiger charge is -2.38. The van der Waals surface area contributed by atoms with Crippen molar-refractivity contribution in [3.8, 4) is 0 Å². The van der Waals surface area contributed by atoms with Crippen LogP contribution in [0.25, 0.3) is 0 Å². The number of hydrogen-bond acceptors (Lipinski definition) is 4. The van der Waals surface area contributed by atoms with Gasteiger partial charge in [-0.05, 0) is 13.3 Å². The van der Waals surface area contributed by atoms with E-state index in [0.29, 0.717) is 19.3 Å². The van der Waals surface area contributed by atoms with Crippen LogP contribution in [0.1, 0.15) is 20.3 Å². The molecule has 1 N–H and O–H groups in total. The van der Waals surface area contributed by atoms with E-state index in [2.05, 4.69) is 17.1 Å². The Morgan fingerprint density at radius 2 is 2.00 bits per heavy atom. The number of carbonyl (C=O) groups excluding carboxylic acids is 1. The molecular formula is C13H24N2O3. The molecule has 2 aliphatic heterocycles. The average Bonchev–Trinajstić information content (AvgIpc) is 2.37. The molecule has 5 heteroatoms. The smallest absolute Gasteiger partial charge is 0.230 e. The molecule has 0 radical (unpaired) electrons. The van der Waals surface area contributed by atoms with E-state index in [0.717, 1.165) is 39.3 Å². The van der Waals surface area contributed by atoms with E-state index in [1.54, 1.807) is 0 Å². The molecule has 2 fully saturated rings. The van der Waals surface area contributed by atoms with Gasteiger partial charge in [-0.2, -0.15) is 0 Å². The summed E-state index contributed by atoms with van der Waals surface area (Å²) in [5.74, 6) is 0.125. The van der Waals surface area contributed by atoms with Crippen LogP contribution in [-0.2, 0) is 14.3 Å². The molecule has 0 spiro atoms. The third-order valence-corrected chi connectivity index (χ3v) is 3.92. The molecule has 5 nitrogen and oxygen atoms in total. The number of nitrogens with one attached hydrogen (secondary N) is 1. The predicted molar refractivity (Wildman–Crippen MR) is 68.4 cm³/mol. The van der Waals surface area contributed by atoms with Crippen LogP contribution in [0, 0.1) is 5.41 Å². The Hall–Kier alpha value is -0.650. The lowest BCUT2D eigenvalue weighted by atomic mass is 9.87. The average molecular weight is 256 g/mol. The minimum atomic E-state index is -0.302. The molecule has 2 heterocycles. The Labute approximate surface area is 109 Å². The first-order chi connectivity index (χ1) is 8.65. The first kappa shape index (κ1) is 13.8. The third kappa shape index (κ3) is 3.02. The van der Waals surface area contributed by atoms with Gasteiger partial charge < -0.3 is 14.8 Å². The van der Waals surface area contributed by atoms with Crippen LogP contribution in [0.3, 0.4) is 0 Å². The van der Waals surface area contributed by atoms with Gasteiger partial charge in [-0.1, -0.05) is 6.92 Å². The first-order valence-electron chi connectivity index (χ1n) is 6.83. The van der Waals surface area contributed by atoms with Crippen molar-refractivity contribution in [1.82, 2.24) is 10.2 Å². The van der Waals surface area contributed by atoms with Crippen LogP contribution in [0.15, 0.2) is 0 Å². The van der Waals surface area contributed by atoms with E-state index in [1.165, 1.54) is 0 Å². The molecule has 0 unspecified atom stereocenters. The summed E-state index contributed by atoms with van der Waals surface area (Å²) in [5, 5.41) is 3.07. The van der Waals surface area contributed by atoms with Gasteiger partial charge in [-0.25, -0.2) is 0 Å². The van der Waals surface area contributed by atoms with Gasteiger partial charge in [0.05, 0.1) is 31.8 Å².